The fourth-order valence-electron chi connectivity index (χ4n) is 1.56. The summed E-state index contributed by atoms with van der Waals surface area (Å²) in [4.78, 5) is 13.4. The summed E-state index contributed by atoms with van der Waals surface area (Å²) in [5.74, 6) is -0.524. The van der Waals surface area contributed by atoms with Gasteiger partial charge >= 0.3 is 0 Å². The molecule has 0 bridgehead atoms. The van der Waals surface area contributed by atoms with Crippen LogP contribution in [0.5, 0.6) is 0 Å². The predicted octanol–water partition coefficient (Wildman–Crippen LogP) is 1.86. The monoisotopic (exact) mass is 240 g/mol. The molecule has 2 N–H and O–H groups in total. The maximum absolute atomic E-state index is 11.4. The van der Waals surface area contributed by atoms with Crippen molar-refractivity contribution in [3.05, 3.63) is 34.9 Å². The van der Waals surface area contributed by atoms with Gasteiger partial charge < -0.3 is 10.6 Å². The first-order chi connectivity index (χ1) is 7.50. The number of benzene rings is 1. The van der Waals surface area contributed by atoms with Crippen molar-refractivity contribution in [3.8, 4) is 0 Å². The van der Waals surface area contributed by atoms with Crippen LogP contribution in [0, 0.1) is 0 Å². The Labute approximate surface area is 101 Å². The first-order valence-electron chi connectivity index (χ1n) is 5.20. The third-order valence-electron chi connectivity index (χ3n) is 2.48. The second-order valence-corrected chi connectivity index (χ2v) is 4.53. The summed E-state index contributed by atoms with van der Waals surface area (Å²) in [6.07, 6.45) is 0.726. The number of hydrogen-bond acceptors (Lipinski definition) is 2. The summed E-state index contributed by atoms with van der Waals surface area (Å²) in [6, 6.07) is 7.27. The fourth-order valence-corrected chi connectivity index (χ4v) is 1.68. The Morgan fingerprint density at radius 3 is 2.38 bits per heavy atom. The van der Waals surface area contributed by atoms with Crippen LogP contribution in [0.1, 0.15) is 17.9 Å². The van der Waals surface area contributed by atoms with Crippen LogP contribution in [0.2, 0.25) is 5.02 Å². The Balaban J connectivity index is 2.77. The average molecular weight is 241 g/mol. The molecule has 1 aromatic rings. The highest BCUT2D eigenvalue weighted by atomic mass is 35.5. The molecular formula is C12H17ClN2O. The predicted molar refractivity (Wildman–Crippen MR) is 66.6 cm³/mol. The van der Waals surface area contributed by atoms with Gasteiger partial charge in [-0.3, -0.25) is 4.79 Å². The Hall–Kier alpha value is -1.06. The van der Waals surface area contributed by atoms with E-state index >= 15 is 0 Å². The van der Waals surface area contributed by atoms with Gasteiger partial charge in [0.05, 0.1) is 5.92 Å². The third kappa shape index (κ3) is 3.83. The molecule has 0 saturated heterocycles. The molecule has 1 unspecified atom stereocenters. The first-order valence-corrected chi connectivity index (χ1v) is 5.58. The molecule has 4 heteroatoms. The van der Waals surface area contributed by atoms with E-state index in [0.29, 0.717) is 5.02 Å². The smallest absolute Gasteiger partial charge is 0.225 e. The first kappa shape index (κ1) is 13.0. The van der Waals surface area contributed by atoms with Crippen LogP contribution in [-0.4, -0.2) is 31.4 Å². The van der Waals surface area contributed by atoms with Gasteiger partial charge in [0.2, 0.25) is 5.91 Å². The molecule has 0 fully saturated rings. The SMILES string of the molecule is CN(C)CCC(C(N)=O)c1ccc(Cl)cc1. The number of primary amides is 1. The van der Waals surface area contributed by atoms with Crippen molar-refractivity contribution in [2.75, 3.05) is 20.6 Å². The number of rotatable bonds is 5. The summed E-state index contributed by atoms with van der Waals surface area (Å²) in [6.45, 7) is 0.830. The van der Waals surface area contributed by atoms with Gasteiger partial charge in [-0.1, -0.05) is 23.7 Å². The Morgan fingerprint density at radius 2 is 1.94 bits per heavy atom. The number of carbonyl (C=O) groups is 1. The zero-order valence-electron chi connectivity index (χ0n) is 9.61. The van der Waals surface area contributed by atoms with Gasteiger partial charge in [-0.25, -0.2) is 0 Å². The minimum absolute atomic E-state index is 0.236. The molecule has 1 rings (SSSR count). The Kier molecular flexibility index (Phi) is 4.77. The van der Waals surface area contributed by atoms with Crippen molar-refractivity contribution >= 4 is 17.5 Å². The third-order valence-corrected chi connectivity index (χ3v) is 2.73. The van der Waals surface area contributed by atoms with Crippen LogP contribution in [0.3, 0.4) is 0 Å². The molecule has 0 aliphatic heterocycles. The Morgan fingerprint density at radius 1 is 1.38 bits per heavy atom. The number of nitrogens with two attached hydrogens (primary N) is 1. The molecular weight excluding hydrogens is 224 g/mol. The van der Waals surface area contributed by atoms with E-state index in [9.17, 15) is 4.79 Å². The maximum atomic E-state index is 11.4. The molecule has 1 amide bonds. The Bertz CT molecular complexity index is 349. The summed E-state index contributed by atoms with van der Waals surface area (Å²) in [5.41, 5.74) is 6.33. The van der Waals surface area contributed by atoms with Gasteiger partial charge in [-0.05, 0) is 44.8 Å². The molecule has 0 aliphatic rings. The second kappa shape index (κ2) is 5.87. The quantitative estimate of drug-likeness (QED) is 0.854. The highest BCUT2D eigenvalue weighted by Crippen LogP contribution is 2.21. The molecule has 0 aliphatic carbocycles. The molecule has 1 atom stereocenters. The standard InChI is InChI=1S/C12H17ClN2O/c1-15(2)8-7-11(12(14)16)9-3-5-10(13)6-4-9/h3-6,11H,7-8H2,1-2H3,(H2,14,16). The minimum atomic E-state index is -0.288. The van der Waals surface area contributed by atoms with Crippen LogP contribution < -0.4 is 5.73 Å². The zero-order valence-corrected chi connectivity index (χ0v) is 10.4. The molecule has 0 radical (unpaired) electrons. The molecule has 16 heavy (non-hydrogen) atoms. The molecule has 0 aromatic heterocycles. The second-order valence-electron chi connectivity index (χ2n) is 4.10. The van der Waals surface area contributed by atoms with Crippen LogP contribution in [0.4, 0.5) is 0 Å². The number of nitrogens with zero attached hydrogens (tertiary/aromatic N) is 1. The van der Waals surface area contributed by atoms with E-state index in [1.807, 2.05) is 31.1 Å². The van der Waals surface area contributed by atoms with Crippen LogP contribution >= 0.6 is 11.6 Å². The van der Waals surface area contributed by atoms with Crippen LogP contribution in [0.25, 0.3) is 0 Å². The summed E-state index contributed by atoms with van der Waals surface area (Å²) < 4.78 is 0. The molecule has 88 valence electrons. The lowest BCUT2D eigenvalue weighted by molar-refractivity contribution is -0.119. The van der Waals surface area contributed by atoms with Gasteiger partial charge in [-0.15, -0.1) is 0 Å². The van der Waals surface area contributed by atoms with Crippen LogP contribution in [0.15, 0.2) is 24.3 Å². The number of hydrogen-bond donors (Lipinski definition) is 1. The summed E-state index contributed by atoms with van der Waals surface area (Å²) >= 11 is 5.80. The molecule has 0 saturated carbocycles. The highest BCUT2D eigenvalue weighted by molar-refractivity contribution is 6.30. The van der Waals surface area contributed by atoms with E-state index in [1.54, 1.807) is 12.1 Å². The van der Waals surface area contributed by atoms with E-state index in [4.69, 9.17) is 17.3 Å². The molecule has 0 spiro atoms. The fraction of sp³-hybridized carbons (Fsp3) is 0.417. The van der Waals surface area contributed by atoms with Gasteiger partial charge in [0.15, 0.2) is 0 Å². The largest absolute Gasteiger partial charge is 0.369 e. The van der Waals surface area contributed by atoms with Crippen LogP contribution in [-0.2, 0) is 4.79 Å². The lowest BCUT2D eigenvalue weighted by atomic mass is 9.95. The van der Waals surface area contributed by atoms with Crippen molar-refractivity contribution < 1.29 is 4.79 Å². The van der Waals surface area contributed by atoms with E-state index in [-0.39, 0.29) is 11.8 Å². The maximum Gasteiger partial charge on any atom is 0.225 e. The number of amides is 1. The van der Waals surface area contributed by atoms with Gasteiger partial charge in [0, 0.05) is 5.02 Å². The van der Waals surface area contributed by atoms with E-state index in [2.05, 4.69) is 0 Å². The van der Waals surface area contributed by atoms with Gasteiger partial charge in [0.1, 0.15) is 0 Å². The lowest BCUT2D eigenvalue weighted by Gasteiger charge is -2.16. The average Bonchev–Trinajstić information content (AvgIpc) is 2.20. The van der Waals surface area contributed by atoms with E-state index in [0.717, 1.165) is 18.5 Å². The zero-order chi connectivity index (χ0) is 12.1. The van der Waals surface area contributed by atoms with Crippen molar-refractivity contribution in [2.24, 2.45) is 5.73 Å². The minimum Gasteiger partial charge on any atom is -0.369 e. The topological polar surface area (TPSA) is 46.3 Å². The van der Waals surface area contributed by atoms with Crippen molar-refractivity contribution in [1.29, 1.82) is 0 Å². The van der Waals surface area contributed by atoms with Gasteiger partial charge in [0.25, 0.3) is 0 Å². The van der Waals surface area contributed by atoms with E-state index < -0.39 is 0 Å². The summed E-state index contributed by atoms with van der Waals surface area (Å²) in [7, 11) is 3.94. The van der Waals surface area contributed by atoms with Crippen molar-refractivity contribution in [2.45, 2.75) is 12.3 Å². The number of halogens is 1. The van der Waals surface area contributed by atoms with E-state index in [1.165, 1.54) is 0 Å². The normalized spacial score (nSPS) is 12.8. The van der Waals surface area contributed by atoms with Crippen molar-refractivity contribution in [3.63, 3.8) is 0 Å². The molecule has 0 heterocycles. The molecule has 1 aromatic carbocycles. The summed E-state index contributed by atoms with van der Waals surface area (Å²) in [5, 5.41) is 0.666. The number of carbonyl (C=O) groups excluding carboxylic acids is 1. The van der Waals surface area contributed by atoms with Gasteiger partial charge in [-0.2, -0.15) is 0 Å². The lowest BCUT2D eigenvalue weighted by Crippen LogP contribution is -2.25. The van der Waals surface area contributed by atoms with Crippen molar-refractivity contribution in [1.82, 2.24) is 4.90 Å². The molecule has 3 nitrogen and oxygen atoms in total. The highest BCUT2D eigenvalue weighted by Gasteiger charge is 2.17.